The molecule has 7 nitrogen and oxygen atoms in total. The number of rotatable bonds is 5. The van der Waals surface area contributed by atoms with Crippen molar-refractivity contribution in [3.8, 4) is 0 Å². The molecule has 0 saturated heterocycles. The number of nitrogens with zero attached hydrogens (tertiary/aromatic N) is 2. The summed E-state index contributed by atoms with van der Waals surface area (Å²) in [7, 11) is -4.01. The minimum atomic E-state index is -4.01. The lowest BCUT2D eigenvalue weighted by atomic mass is 9.87. The molecule has 3 aromatic rings. The minimum Gasteiger partial charge on any atom is -0.279 e. The molecule has 1 aromatic heterocycles. The highest BCUT2D eigenvalue weighted by Crippen LogP contribution is 2.36. The molecule has 0 aliphatic carbocycles. The number of imide groups is 1. The fraction of sp³-hybridized carbons (Fsp3) is 0.208. The maximum atomic E-state index is 13.2. The molecule has 0 radical (unpaired) electrons. The van der Waals surface area contributed by atoms with Gasteiger partial charge in [0.05, 0.1) is 33.3 Å². The highest BCUT2D eigenvalue weighted by atomic mass is 35.5. The minimum absolute atomic E-state index is 0.00124. The Morgan fingerprint density at radius 2 is 1.64 bits per heavy atom. The predicted octanol–water partition coefficient (Wildman–Crippen LogP) is 4.63. The number of hydrogen-bond donors (Lipinski definition) is 1. The molecule has 2 aromatic carbocycles. The van der Waals surface area contributed by atoms with Gasteiger partial charge in [0.15, 0.2) is 0 Å². The van der Waals surface area contributed by atoms with Crippen LogP contribution in [0, 0.1) is 0 Å². The molecule has 0 saturated carbocycles. The third kappa shape index (κ3) is 4.36. The smallest absolute Gasteiger partial charge is 0.264 e. The van der Waals surface area contributed by atoms with E-state index in [2.05, 4.69) is 9.71 Å². The average Bonchev–Trinajstić information content (AvgIpc) is 3.02. The van der Waals surface area contributed by atoms with Crippen molar-refractivity contribution in [3.05, 3.63) is 88.2 Å². The van der Waals surface area contributed by atoms with E-state index in [1.165, 1.54) is 24.3 Å². The maximum absolute atomic E-state index is 13.2. The zero-order chi connectivity index (χ0) is 24.0. The Labute approximate surface area is 197 Å². The van der Waals surface area contributed by atoms with Crippen LogP contribution in [0.5, 0.6) is 0 Å². The number of halogens is 1. The van der Waals surface area contributed by atoms with Gasteiger partial charge in [-0.25, -0.2) is 8.42 Å². The molecule has 0 bridgehead atoms. The van der Waals surface area contributed by atoms with Crippen molar-refractivity contribution in [2.75, 3.05) is 4.72 Å². The van der Waals surface area contributed by atoms with E-state index in [0.717, 1.165) is 10.5 Å². The van der Waals surface area contributed by atoms with Gasteiger partial charge in [0.25, 0.3) is 21.8 Å². The van der Waals surface area contributed by atoms with Crippen LogP contribution in [0.4, 0.5) is 5.69 Å². The molecule has 0 spiro atoms. The summed E-state index contributed by atoms with van der Waals surface area (Å²) in [6, 6.07) is 12.8. The molecular weight excluding hydrogens is 462 g/mol. The summed E-state index contributed by atoms with van der Waals surface area (Å²) in [5, 5.41) is 0.0783. The average molecular weight is 484 g/mol. The van der Waals surface area contributed by atoms with Crippen LogP contribution in [-0.2, 0) is 22.0 Å². The first-order valence-electron chi connectivity index (χ1n) is 10.2. The SMILES string of the molecule is CC(C)(C)c1ccc(S(=O)(=O)Nc2ccc(Cl)c3c2C(=O)N(Cc2cccnc2)C3=O)cc1. The Hall–Kier alpha value is -3.23. The first-order valence-corrected chi connectivity index (χ1v) is 12.1. The largest absolute Gasteiger partial charge is 0.279 e. The first-order chi connectivity index (χ1) is 15.5. The summed E-state index contributed by atoms with van der Waals surface area (Å²) in [5.74, 6) is -1.21. The summed E-state index contributed by atoms with van der Waals surface area (Å²) < 4.78 is 28.5. The zero-order valence-electron chi connectivity index (χ0n) is 18.3. The molecule has 1 N–H and O–H groups in total. The van der Waals surface area contributed by atoms with Crippen LogP contribution in [-0.4, -0.2) is 30.1 Å². The highest BCUT2D eigenvalue weighted by molar-refractivity contribution is 7.92. The number of nitrogens with one attached hydrogen (secondary N) is 1. The number of amides is 2. The van der Waals surface area contributed by atoms with Crippen molar-refractivity contribution >= 4 is 39.1 Å². The van der Waals surface area contributed by atoms with Crippen molar-refractivity contribution in [1.82, 2.24) is 9.88 Å². The molecule has 0 atom stereocenters. The third-order valence-corrected chi connectivity index (χ3v) is 7.11. The van der Waals surface area contributed by atoms with Gasteiger partial charge in [-0.3, -0.25) is 24.2 Å². The lowest BCUT2D eigenvalue weighted by molar-refractivity contribution is 0.0642. The van der Waals surface area contributed by atoms with E-state index in [0.29, 0.717) is 5.56 Å². The Bertz CT molecular complexity index is 1350. The zero-order valence-corrected chi connectivity index (χ0v) is 19.9. The van der Waals surface area contributed by atoms with E-state index in [4.69, 9.17) is 11.6 Å². The van der Waals surface area contributed by atoms with E-state index in [-0.39, 0.29) is 38.7 Å². The Morgan fingerprint density at radius 3 is 2.24 bits per heavy atom. The van der Waals surface area contributed by atoms with Crippen LogP contribution in [0.3, 0.4) is 0 Å². The predicted molar refractivity (Wildman–Crippen MR) is 126 cm³/mol. The van der Waals surface area contributed by atoms with Gasteiger partial charge in [-0.15, -0.1) is 0 Å². The number of hydrogen-bond acceptors (Lipinski definition) is 5. The van der Waals surface area contributed by atoms with Crippen molar-refractivity contribution in [1.29, 1.82) is 0 Å². The van der Waals surface area contributed by atoms with Gasteiger partial charge < -0.3 is 0 Å². The fourth-order valence-electron chi connectivity index (χ4n) is 3.61. The fourth-order valence-corrected chi connectivity index (χ4v) is 4.92. The van der Waals surface area contributed by atoms with E-state index < -0.39 is 21.8 Å². The van der Waals surface area contributed by atoms with Gasteiger partial charge in [0.2, 0.25) is 0 Å². The van der Waals surface area contributed by atoms with Crippen LogP contribution < -0.4 is 4.72 Å². The molecule has 4 rings (SSSR count). The molecule has 2 amide bonds. The number of carbonyl (C=O) groups is 2. The Kier molecular flexibility index (Phi) is 5.76. The lowest BCUT2D eigenvalue weighted by Gasteiger charge is -2.19. The van der Waals surface area contributed by atoms with Crippen LogP contribution in [0.1, 0.15) is 52.6 Å². The quantitative estimate of drug-likeness (QED) is 0.534. The normalized spacial score (nSPS) is 13.9. The van der Waals surface area contributed by atoms with Crippen molar-refractivity contribution in [3.63, 3.8) is 0 Å². The van der Waals surface area contributed by atoms with Crippen LogP contribution in [0.2, 0.25) is 5.02 Å². The molecule has 1 aliphatic rings. The second-order valence-corrected chi connectivity index (χ2v) is 10.9. The van der Waals surface area contributed by atoms with Gasteiger partial charge in [0, 0.05) is 12.4 Å². The van der Waals surface area contributed by atoms with Crippen LogP contribution >= 0.6 is 11.6 Å². The molecule has 0 fully saturated rings. The Balaban J connectivity index is 1.68. The second-order valence-electron chi connectivity index (χ2n) is 8.78. The summed E-state index contributed by atoms with van der Waals surface area (Å²) in [5.41, 5.74) is 1.43. The maximum Gasteiger partial charge on any atom is 0.264 e. The van der Waals surface area contributed by atoms with E-state index in [9.17, 15) is 18.0 Å². The van der Waals surface area contributed by atoms with Crippen molar-refractivity contribution in [2.45, 2.75) is 37.6 Å². The van der Waals surface area contributed by atoms with Gasteiger partial charge in [0.1, 0.15) is 0 Å². The molecule has 0 unspecified atom stereocenters. The van der Waals surface area contributed by atoms with Gasteiger partial charge in [-0.05, 0) is 46.9 Å². The molecular formula is C24H22ClN3O4S. The van der Waals surface area contributed by atoms with Crippen molar-refractivity contribution in [2.24, 2.45) is 0 Å². The number of anilines is 1. The molecule has 9 heteroatoms. The number of carbonyl (C=O) groups excluding carboxylic acids is 2. The van der Waals surface area contributed by atoms with Gasteiger partial charge >= 0.3 is 0 Å². The van der Waals surface area contributed by atoms with Crippen LogP contribution in [0.15, 0.2) is 65.8 Å². The first kappa shape index (κ1) is 22.9. The Morgan fingerprint density at radius 1 is 0.970 bits per heavy atom. The van der Waals surface area contributed by atoms with Crippen molar-refractivity contribution < 1.29 is 18.0 Å². The standard InChI is InChI=1S/C24H22ClN3O4S/c1-24(2,3)16-6-8-17(9-7-16)33(31,32)27-19-11-10-18(25)20-21(19)23(30)28(22(20)29)14-15-5-4-12-26-13-15/h4-13,27H,14H2,1-3H3. The lowest BCUT2D eigenvalue weighted by Crippen LogP contribution is -2.29. The monoisotopic (exact) mass is 483 g/mol. The number of fused-ring (bicyclic) bond motifs is 1. The van der Waals surface area contributed by atoms with E-state index in [1.807, 2.05) is 20.8 Å². The van der Waals surface area contributed by atoms with E-state index >= 15 is 0 Å². The number of pyridine rings is 1. The molecule has 1 aliphatic heterocycles. The van der Waals surface area contributed by atoms with Crippen LogP contribution in [0.25, 0.3) is 0 Å². The molecule has 33 heavy (non-hydrogen) atoms. The summed E-state index contributed by atoms with van der Waals surface area (Å²) in [6.07, 6.45) is 3.14. The van der Waals surface area contributed by atoms with Gasteiger partial charge in [-0.2, -0.15) is 0 Å². The summed E-state index contributed by atoms with van der Waals surface area (Å²) >= 11 is 6.23. The highest BCUT2D eigenvalue weighted by Gasteiger charge is 2.40. The topological polar surface area (TPSA) is 96.4 Å². The number of benzene rings is 2. The molecule has 2 heterocycles. The summed E-state index contributed by atoms with van der Waals surface area (Å²) in [4.78, 5) is 31.2. The number of sulfonamides is 1. The third-order valence-electron chi connectivity index (χ3n) is 5.41. The number of aromatic nitrogens is 1. The molecule has 170 valence electrons. The summed E-state index contributed by atoms with van der Waals surface area (Å²) in [6.45, 7) is 6.10. The van der Waals surface area contributed by atoms with Gasteiger partial charge in [-0.1, -0.05) is 50.6 Å². The second kappa shape index (κ2) is 8.28. The van der Waals surface area contributed by atoms with E-state index in [1.54, 1.807) is 36.7 Å².